The van der Waals surface area contributed by atoms with Gasteiger partial charge in [-0.05, 0) is 30.7 Å². The van der Waals surface area contributed by atoms with Gasteiger partial charge >= 0.3 is 0 Å². The van der Waals surface area contributed by atoms with E-state index in [1.54, 1.807) is 48.1 Å². The first-order valence-corrected chi connectivity index (χ1v) is 10.1. The van der Waals surface area contributed by atoms with Gasteiger partial charge in [0.2, 0.25) is 0 Å². The van der Waals surface area contributed by atoms with Crippen LogP contribution in [-0.4, -0.2) is 21.8 Å². The maximum Gasteiger partial charge on any atom is 0.256 e. The number of fused-ring (bicyclic) bond motifs is 2. The highest BCUT2D eigenvalue weighted by molar-refractivity contribution is 7.99. The summed E-state index contributed by atoms with van der Waals surface area (Å²) in [5, 5.41) is 6.84. The predicted octanol–water partition coefficient (Wildman–Crippen LogP) is 3.75. The first-order valence-electron chi connectivity index (χ1n) is 8.43. The van der Waals surface area contributed by atoms with Gasteiger partial charge in [0.15, 0.2) is 0 Å². The molecular formula is C19H16N4O2S2. The average molecular weight is 396 g/mol. The zero-order valence-corrected chi connectivity index (χ0v) is 16.1. The summed E-state index contributed by atoms with van der Waals surface area (Å²) in [5.41, 5.74) is 1.70. The van der Waals surface area contributed by atoms with E-state index in [4.69, 9.17) is 0 Å². The molecule has 6 nitrogen and oxygen atoms in total. The molecule has 0 radical (unpaired) electrons. The number of hydrogen-bond donors (Lipinski definition) is 2. The SMILES string of the molecule is CCc1ncc(CNC(=O)c2ccc3c(c2)NC(=O)c2ccncc2S3)s1. The van der Waals surface area contributed by atoms with Gasteiger partial charge in [-0.2, -0.15) is 0 Å². The van der Waals surface area contributed by atoms with Crippen molar-refractivity contribution in [1.82, 2.24) is 15.3 Å². The Morgan fingerprint density at radius 3 is 2.93 bits per heavy atom. The molecule has 136 valence electrons. The van der Waals surface area contributed by atoms with Crippen LogP contribution in [0.25, 0.3) is 0 Å². The number of pyridine rings is 1. The summed E-state index contributed by atoms with van der Waals surface area (Å²) in [6, 6.07) is 7.01. The molecule has 1 aliphatic rings. The van der Waals surface area contributed by atoms with Crippen molar-refractivity contribution in [2.45, 2.75) is 29.7 Å². The Morgan fingerprint density at radius 1 is 1.22 bits per heavy atom. The van der Waals surface area contributed by atoms with Gasteiger partial charge in [0.05, 0.1) is 22.8 Å². The van der Waals surface area contributed by atoms with Gasteiger partial charge in [0.25, 0.3) is 11.8 Å². The summed E-state index contributed by atoms with van der Waals surface area (Å²) >= 11 is 3.06. The van der Waals surface area contributed by atoms with Gasteiger partial charge in [0.1, 0.15) is 0 Å². The molecule has 0 aliphatic carbocycles. The van der Waals surface area contributed by atoms with Crippen LogP contribution in [0.2, 0.25) is 0 Å². The van der Waals surface area contributed by atoms with Crippen LogP contribution in [0.15, 0.2) is 52.6 Å². The van der Waals surface area contributed by atoms with Gasteiger partial charge < -0.3 is 10.6 Å². The monoisotopic (exact) mass is 396 g/mol. The molecule has 2 amide bonds. The summed E-state index contributed by atoms with van der Waals surface area (Å²) in [7, 11) is 0. The van der Waals surface area contributed by atoms with Crippen molar-refractivity contribution >= 4 is 40.6 Å². The molecule has 0 bridgehead atoms. The molecule has 0 atom stereocenters. The normalized spacial score (nSPS) is 12.6. The van der Waals surface area contributed by atoms with E-state index in [0.717, 1.165) is 26.1 Å². The van der Waals surface area contributed by atoms with E-state index in [-0.39, 0.29) is 11.8 Å². The van der Waals surface area contributed by atoms with Crippen LogP contribution in [0.4, 0.5) is 5.69 Å². The fourth-order valence-electron chi connectivity index (χ4n) is 2.68. The summed E-state index contributed by atoms with van der Waals surface area (Å²) < 4.78 is 0. The number of benzene rings is 1. The van der Waals surface area contributed by atoms with E-state index in [0.29, 0.717) is 23.4 Å². The molecule has 0 saturated carbocycles. The lowest BCUT2D eigenvalue weighted by molar-refractivity contribution is 0.0949. The smallest absolute Gasteiger partial charge is 0.256 e. The second-order valence-electron chi connectivity index (χ2n) is 5.90. The Bertz CT molecular complexity index is 1030. The Kier molecular flexibility index (Phi) is 4.91. The average Bonchev–Trinajstić information content (AvgIpc) is 3.10. The largest absolute Gasteiger partial charge is 0.347 e. The van der Waals surface area contributed by atoms with Crippen LogP contribution in [0.3, 0.4) is 0 Å². The van der Waals surface area contributed by atoms with Crippen LogP contribution in [0.1, 0.15) is 37.5 Å². The highest BCUT2D eigenvalue weighted by Gasteiger charge is 2.21. The summed E-state index contributed by atoms with van der Waals surface area (Å²) in [5.74, 6) is -0.389. The highest BCUT2D eigenvalue weighted by atomic mass is 32.2. The highest BCUT2D eigenvalue weighted by Crippen LogP contribution is 2.38. The predicted molar refractivity (Wildman–Crippen MR) is 105 cm³/mol. The number of hydrogen-bond acceptors (Lipinski definition) is 6. The third-order valence-electron chi connectivity index (χ3n) is 4.07. The minimum atomic E-state index is -0.201. The number of aromatic nitrogens is 2. The molecule has 2 aromatic heterocycles. The molecule has 3 aromatic rings. The molecule has 0 saturated heterocycles. The van der Waals surface area contributed by atoms with E-state index in [1.807, 2.05) is 6.07 Å². The zero-order chi connectivity index (χ0) is 18.8. The lowest BCUT2D eigenvalue weighted by Gasteiger charge is -2.09. The van der Waals surface area contributed by atoms with Crippen LogP contribution in [0, 0.1) is 0 Å². The van der Waals surface area contributed by atoms with Crippen molar-refractivity contribution in [2.24, 2.45) is 0 Å². The molecule has 0 spiro atoms. The van der Waals surface area contributed by atoms with E-state index in [1.165, 1.54) is 11.8 Å². The van der Waals surface area contributed by atoms with Crippen LogP contribution >= 0.6 is 23.1 Å². The van der Waals surface area contributed by atoms with Crippen molar-refractivity contribution in [3.8, 4) is 0 Å². The van der Waals surface area contributed by atoms with Crippen molar-refractivity contribution in [2.75, 3.05) is 5.32 Å². The van der Waals surface area contributed by atoms with E-state index >= 15 is 0 Å². The molecule has 2 N–H and O–H groups in total. The number of anilines is 1. The summed E-state index contributed by atoms with van der Waals surface area (Å²) in [4.78, 5) is 36.0. The van der Waals surface area contributed by atoms with E-state index in [9.17, 15) is 9.59 Å². The number of rotatable bonds is 4. The minimum Gasteiger partial charge on any atom is -0.347 e. The topological polar surface area (TPSA) is 84.0 Å². The molecule has 0 fully saturated rings. The molecule has 0 unspecified atom stereocenters. The molecule has 8 heteroatoms. The van der Waals surface area contributed by atoms with Crippen LogP contribution in [-0.2, 0) is 13.0 Å². The zero-order valence-electron chi connectivity index (χ0n) is 14.5. The maximum atomic E-state index is 12.5. The molecular weight excluding hydrogens is 380 g/mol. The van der Waals surface area contributed by atoms with Gasteiger partial charge in [-0.25, -0.2) is 4.98 Å². The quantitative estimate of drug-likeness (QED) is 0.702. The number of nitrogens with one attached hydrogen (secondary N) is 2. The maximum absolute atomic E-state index is 12.5. The fourth-order valence-corrected chi connectivity index (χ4v) is 4.46. The molecule has 3 heterocycles. The number of carbonyl (C=O) groups excluding carboxylic acids is 2. The van der Waals surface area contributed by atoms with Crippen molar-refractivity contribution in [3.05, 3.63) is 63.9 Å². The fraction of sp³-hybridized carbons (Fsp3) is 0.158. The van der Waals surface area contributed by atoms with Gasteiger partial charge in [0, 0.05) is 38.8 Å². The Labute approximate surface area is 164 Å². The van der Waals surface area contributed by atoms with Crippen LogP contribution in [0.5, 0.6) is 0 Å². The number of thiazole rings is 1. The number of nitrogens with zero attached hydrogens (tertiary/aromatic N) is 2. The second-order valence-corrected chi connectivity index (χ2v) is 8.18. The van der Waals surface area contributed by atoms with Crippen LogP contribution < -0.4 is 10.6 Å². The molecule has 27 heavy (non-hydrogen) atoms. The molecule has 1 aliphatic heterocycles. The minimum absolute atomic E-state index is 0.188. The third-order valence-corrected chi connectivity index (χ3v) is 6.33. The number of aryl methyl sites for hydroxylation is 1. The Balaban J connectivity index is 1.52. The first kappa shape index (κ1) is 17.7. The lowest BCUT2D eigenvalue weighted by Crippen LogP contribution is -2.22. The molecule has 1 aromatic carbocycles. The van der Waals surface area contributed by atoms with Crippen molar-refractivity contribution in [3.63, 3.8) is 0 Å². The number of carbonyl (C=O) groups is 2. The first-order chi connectivity index (χ1) is 13.1. The van der Waals surface area contributed by atoms with E-state index in [2.05, 4.69) is 27.5 Å². The summed E-state index contributed by atoms with van der Waals surface area (Å²) in [6.45, 7) is 2.49. The van der Waals surface area contributed by atoms with Crippen molar-refractivity contribution in [1.29, 1.82) is 0 Å². The van der Waals surface area contributed by atoms with Crippen molar-refractivity contribution < 1.29 is 9.59 Å². The standard InChI is InChI=1S/C19H16N4O2S2/c1-2-17-21-8-12(26-17)9-22-18(24)11-3-4-15-14(7-11)23-19(25)13-5-6-20-10-16(13)27-15/h3-8,10H,2,9H2,1H3,(H,22,24)(H,23,25). The second kappa shape index (κ2) is 7.50. The van der Waals surface area contributed by atoms with Gasteiger partial charge in [-0.1, -0.05) is 18.7 Å². The van der Waals surface area contributed by atoms with E-state index < -0.39 is 0 Å². The molecule has 4 rings (SSSR count). The van der Waals surface area contributed by atoms with Gasteiger partial charge in [-0.15, -0.1) is 11.3 Å². The number of amides is 2. The lowest BCUT2D eigenvalue weighted by atomic mass is 10.1. The van der Waals surface area contributed by atoms with Gasteiger partial charge in [-0.3, -0.25) is 14.6 Å². The Morgan fingerprint density at radius 2 is 2.11 bits per heavy atom. The summed E-state index contributed by atoms with van der Waals surface area (Å²) in [6.07, 6.45) is 5.95. The third kappa shape index (κ3) is 3.72. The Hall–Kier alpha value is -2.71.